The summed E-state index contributed by atoms with van der Waals surface area (Å²) in [5.74, 6) is -0.381. The Bertz CT molecular complexity index is 1310. The molecular formula is C21H19N3O5S. The molecule has 0 aliphatic rings. The van der Waals surface area contributed by atoms with E-state index in [0.29, 0.717) is 22.2 Å². The maximum absolute atomic E-state index is 13.3. The lowest BCUT2D eigenvalue weighted by Gasteiger charge is -2.09. The van der Waals surface area contributed by atoms with Gasteiger partial charge in [0, 0.05) is 30.4 Å². The van der Waals surface area contributed by atoms with E-state index in [-0.39, 0.29) is 17.7 Å². The number of aryl methyl sites for hydroxylation is 1. The largest absolute Gasteiger partial charge is 0.497 e. The summed E-state index contributed by atoms with van der Waals surface area (Å²) in [4.78, 5) is 11.2. The van der Waals surface area contributed by atoms with E-state index in [1.54, 1.807) is 53.5 Å². The van der Waals surface area contributed by atoms with Crippen molar-refractivity contribution in [3.63, 3.8) is 0 Å². The van der Waals surface area contributed by atoms with Crippen LogP contribution in [-0.4, -0.2) is 40.4 Å². The third-order valence-corrected chi connectivity index (χ3v) is 6.52. The van der Waals surface area contributed by atoms with E-state index >= 15 is 0 Å². The molecule has 0 saturated carbocycles. The van der Waals surface area contributed by atoms with E-state index in [9.17, 15) is 13.2 Å². The van der Waals surface area contributed by atoms with Crippen molar-refractivity contribution in [3.8, 4) is 11.4 Å². The Labute approximate surface area is 173 Å². The molecule has 0 atom stereocenters. The SMILES string of the molecule is COc1ccc2c(c1)c(CCC(=O)O)cn2S(=O)(=O)c1ccc(-n2cccn2)cc1. The van der Waals surface area contributed by atoms with Crippen LogP contribution < -0.4 is 4.74 Å². The molecule has 8 nitrogen and oxygen atoms in total. The highest BCUT2D eigenvalue weighted by atomic mass is 32.2. The fraction of sp³-hybridized carbons (Fsp3) is 0.143. The van der Waals surface area contributed by atoms with Gasteiger partial charge in [-0.15, -0.1) is 0 Å². The van der Waals surface area contributed by atoms with Crippen LogP contribution in [0.2, 0.25) is 0 Å². The molecule has 0 radical (unpaired) electrons. The Balaban J connectivity index is 1.80. The third-order valence-electron chi connectivity index (χ3n) is 4.83. The van der Waals surface area contributed by atoms with Crippen molar-refractivity contribution in [2.45, 2.75) is 17.7 Å². The quantitative estimate of drug-likeness (QED) is 0.488. The van der Waals surface area contributed by atoms with Gasteiger partial charge in [-0.3, -0.25) is 4.79 Å². The predicted octanol–water partition coefficient (Wildman–Crippen LogP) is 3.09. The molecular weight excluding hydrogens is 406 g/mol. The molecule has 0 bridgehead atoms. The first-order valence-corrected chi connectivity index (χ1v) is 10.6. The van der Waals surface area contributed by atoms with Crippen molar-refractivity contribution in [3.05, 3.63) is 72.7 Å². The minimum absolute atomic E-state index is 0.102. The van der Waals surface area contributed by atoms with Gasteiger partial charge in [0.05, 0.1) is 23.2 Å². The molecule has 4 aromatic rings. The van der Waals surface area contributed by atoms with Gasteiger partial charge in [-0.05, 0) is 60.5 Å². The first-order valence-electron chi connectivity index (χ1n) is 9.15. The summed E-state index contributed by atoms with van der Waals surface area (Å²) in [6.45, 7) is 0. The van der Waals surface area contributed by atoms with Gasteiger partial charge in [-0.25, -0.2) is 17.1 Å². The highest BCUT2D eigenvalue weighted by Gasteiger charge is 2.22. The Hall–Kier alpha value is -3.59. The van der Waals surface area contributed by atoms with Gasteiger partial charge in [-0.1, -0.05) is 0 Å². The molecule has 0 saturated heterocycles. The van der Waals surface area contributed by atoms with Gasteiger partial charge >= 0.3 is 5.97 Å². The fourth-order valence-electron chi connectivity index (χ4n) is 3.32. The Kier molecular flexibility index (Phi) is 5.04. The molecule has 30 heavy (non-hydrogen) atoms. The molecule has 9 heteroatoms. The molecule has 0 aliphatic carbocycles. The van der Waals surface area contributed by atoms with Crippen LogP contribution in [0, 0.1) is 0 Å². The fourth-order valence-corrected chi connectivity index (χ4v) is 4.71. The Morgan fingerprint density at radius 3 is 2.57 bits per heavy atom. The summed E-state index contributed by atoms with van der Waals surface area (Å²) < 4.78 is 34.8. The zero-order valence-electron chi connectivity index (χ0n) is 16.1. The second-order valence-corrected chi connectivity index (χ2v) is 8.49. The Morgan fingerprint density at radius 2 is 1.93 bits per heavy atom. The molecule has 2 heterocycles. The minimum Gasteiger partial charge on any atom is -0.497 e. The molecule has 2 aromatic heterocycles. The van der Waals surface area contributed by atoms with Crippen molar-refractivity contribution >= 4 is 26.9 Å². The van der Waals surface area contributed by atoms with E-state index in [1.807, 2.05) is 0 Å². The summed E-state index contributed by atoms with van der Waals surface area (Å²) in [5.41, 5.74) is 1.83. The number of nitrogens with zero attached hydrogens (tertiary/aromatic N) is 3. The average molecular weight is 425 g/mol. The van der Waals surface area contributed by atoms with Crippen LogP contribution >= 0.6 is 0 Å². The third kappa shape index (κ3) is 3.55. The highest BCUT2D eigenvalue weighted by molar-refractivity contribution is 7.90. The van der Waals surface area contributed by atoms with Crippen molar-refractivity contribution < 1.29 is 23.1 Å². The van der Waals surface area contributed by atoms with Crippen LogP contribution in [0.5, 0.6) is 5.75 Å². The molecule has 1 N–H and O–H groups in total. The van der Waals surface area contributed by atoms with Crippen molar-refractivity contribution in [1.82, 2.24) is 13.8 Å². The number of hydrogen-bond donors (Lipinski definition) is 1. The summed E-state index contributed by atoms with van der Waals surface area (Å²) in [5, 5.41) is 13.8. The van der Waals surface area contributed by atoms with Gasteiger partial charge in [0.25, 0.3) is 10.0 Å². The van der Waals surface area contributed by atoms with Gasteiger partial charge < -0.3 is 9.84 Å². The van der Waals surface area contributed by atoms with E-state index in [2.05, 4.69) is 5.10 Å². The molecule has 2 aromatic carbocycles. The monoisotopic (exact) mass is 425 g/mol. The number of hydrogen-bond acceptors (Lipinski definition) is 5. The second-order valence-electron chi connectivity index (χ2n) is 6.68. The smallest absolute Gasteiger partial charge is 0.303 e. The number of fused-ring (bicyclic) bond motifs is 1. The van der Waals surface area contributed by atoms with E-state index in [4.69, 9.17) is 9.84 Å². The number of methoxy groups -OCH3 is 1. The van der Waals surface area contributed by atoms with Crippen LogP contribution in [0.15, 0.2) is 72.0 Å². The summed E-state index contributed by atoms with van der Waals surface area (Å²) >= 11 is 0. The van der Waals surface area contributed by atoms with Crippen LogP contribution in [0.1, 0.15) is 12.0 Å². The number of ether oxygens (including phenoxy) is 1. The molecule has 0 unspecified atom stereocenters. The zero-order valence-corrected chi connectivity index (χ0v) is 16.9. The number of rotatable bonds is 7. The number of carboxylic acid groups (broad SMARTS) is 1. The maximum Gasteiger partial charge on any atom is 0.303 e. The number of aliphatic carboxylic acids is 1. The van der Waals surface area contributed by atoms with Gasteiger partial charge in [0.15, 0.2) is 0 Å². The molecule has 0 aliphatic heterocycles. The van der Waals surface area contributed by atoms with Gasteiger partial charge in [0.1, 0.15) is 5.75 Å². The number of aromatic nitrogens is 3. The Morgan fingerprint density at radius 1 is 1.17 bits per heavy atom. The van der Waals surface area contributed by atoms with Crippen LogP contribution in [0.25, 0.3) is 16.6 Å². The van der Waals surface area contributed by atoms with Crippen molar-refractivity contribution in [2.24, 2.45) is 0 Å². The molecule has 154 valence electrons. The maximum atomic E-state index is 13.3. The normalized spacial score (nSPS) is 11.6. The standard InChI is InChI=1S/C21H19N3O5S/c1-29-17-6-9-20-19(13-17)15(3-10-21(25)26)14-24(20)30(27,28)18-7-4-16(5-8-18)23-12-2-11-22-23/h2,4-9,11-14H,3,10H2,1H3,(H,25,26). The molecule has 0 fully saturated rings. The van der Waals surface area contributed by atoms with E-state index in [0.717, 1.165) is 5.69 Å². The number of carbonyl (C=O) groups is 1. The van der Waals surface area contributed by atoms with Crippen molar-refractivity contribution in [2.75, 3.05) is 7.11 Å². The predicted molar refractivity (Wildman–Crippen MR) is 111 cm³/mol. The van der Waals surface area contributed by atoms with Gasteiger partial charge in [0.2, 0.25) is 0 Å². The lowest BCUT2D eigenvalue weighted by molar-refractivity contribution is -0.136. The zero-order chi connectivity index (χ0) is 21.3. The summed E-state index contributed by atoms with van der Waals surface area (Å²) in [7, 11) is -2.37. The van der Waals surface area contributed by atoms with E-state index in [1.165, 1.54) is 29.4 Å². The second kappa shape index (κ2) is 7.68. The molecule has 0 amide bonds. The summed E-state index contributed by atoms with van der Waals surface area (Å²) in [6, 6.07) is 13.3. The number of benzene rings is 2. The van der Waals surface area contributed by atoms with E-state index < -0.39 is 16.0 Å². The summed E-state index contributed by atoms with van der Waals surface area (Å²) in [6.07, 6.45) is 5.01. The van der Waals surface area contributed by atoms with Crippen LogP contribution in [0.3, 0.4) is 0 Å². The first-order chi connectivity index (χ1) is 14.4. The van der Waals surface area contributed by atoms with Crippen LogP contribution in [-0.2, 0) is 21.2 Å². The lowest BCUT2D eigenvalue weighted by atomic mass is 10.1. The molecule has 4 rings (SSSR count). The van der Waals surface area contributed by atoms with Crippen molar-refractivity contribution in [1.29, 1.82) is 0 Å². The molecule has 0 spiro atoms. The lowest BCUT2D eigenvalue weighted by Crippen LogP contribution is -2.12. The average Bonchev–Trinajstić information content (AvgIpc) is 3.40. The minimum atomic E-state index is -3.89. The number of carboxylic acids is 1. The van der Waals surface area contributed by atoms with Crippen LogP contribution in [0.4, 0.5) is 0 Å². The van der Waals surface area contributed by atoms with Gasteiger partial charge in [-0.2, -0.15) is 5.10 Å². The first kappa shape index (κ1) is 19.7. The highest BCUT2D eigenvalue weighted by Crippen LogP contribution is 2.30. The topological polar surface area (TPSA) is 103 Å².